The number of nitrogens with one attached hydrogen (secondary N) is 1. The third kappa shape index (κ3) is 3.46. The molecule has 0 amide bonds. The van der Waals surface area contributed by atoms with E-state index in [1.807, 2.05) is 6.92 Å². The third-order valence-electron chi connectivity index (χ3n) is 3.20. The highest BCUT2D eigenvalue weighted by Crippen LogP contribution is 2.36. The molecule has 0 spiro atoms. The minimum Gasteiger partial charge on any atom is -0.465 e. The molecule has 0 radical (unpaired) electrons. The van der Waals surface area contributed by atoms with Crippen LogP contribution in [0.2, 0.25) is 0 Å². The van der Waals surface area contributed by atoms with Crippen molar-refractivity contribution in [3.05, 3.63) is 0 Å². The zero-order valence-electron chi connectivity index (χ0n) is 10.7. The molecule has 0 aliphatic heterocycles. The summed E-state index contributed by atoms with van der Waals surface area (Å²) in [5.74, 6) is -0.0745. The summed E-state index contributed by atoms with van der Waals surface area (Å²) in [4.78, 5) is 14.0. The van der Waals surface area contributed by atoms with Gasteiger partial charge in [-0.1, -0.05) is 13.8 Å². The monoisotopic (exact) mass is 228 g/mol. The Morgan fingerprint density at radius 3 is 2.38 bits per heavy atom. The van der Waals surface area contributed by atoms with E-state index < -0.39 is 0 Å². The van der Waals surface area contributed by atoms with Gasteiger partial charge in [-0.3, -0.25) is 4.79 Å². The Morgan fingerprint density at radius 2 is 1.94 bits per heavy atom. The number of hydrogen-bond donors (Lipinski definition) is 1. The molecule has 0 aromatic carbocycles. The van der Waals surface area contributed by atoms with Crippen LogP contribution < -0.4 is 5.32 Å². The van der Waals surface area contributed by atoms with Crippen LogP contribution in [0.3, 0.4) is 0 Å². The third-order valence-corrected chi connectivity index (χ3v) is 3.20. The lowest BCUT2D eigenvalue weighted by Gasteiger charge is -2.21. The highest BCUT2D eigenvalue weighted by Gasteiger charge is 2.50. The van der Waals surface area contributed by atoms with Crippen molar-refractivity contribution in [2.24, 2.45) is 0 Å². The minimum atomic E-state index is -0.344. The summed E-state index contributed by atoms with van der Waals surface area (Å²) in [6, 6.07) is 0. The zero-order valence-corrected chi connectivity index (χ0v) is 10.7. The molecule has 0 aromatic rings. The van der Waals surface area contributed by atoms with E-state index in [9.17, 15) is 4.79 Å². The highest BCUT2D eigenvalue weighted by atomic mass is 16.5. The van der Waals surface area contributed by atoms with Gasteiger partial charge in [-0.15, -0.1) is 0 Å². The van der Waals surface area contributed by atoms with Crippen molar-refractivity contribution >= 4 is 5.97 Å². The van der Waals surface area contributed by atoms with Gasteiger partial charge in [0.1, 0.15) is 5.54 Å². The molecule has 0 heterocycles. The Labute approximate surface area is 98.3 Å². The highest BCUT2D eigenvalue weighted by molar-refractivity contribution is 5.84. The van der Waals surface area contributed by atoms with Crippen LogP contribution in [0.25, 0.3) is 0 Å². The van der Waals surface area contributed by atoms with Gasteiger partial charge in [0.25, 0.3) is 0 Å². The molecule has 0 unspecified atom stereocenters. The Balaban J connectivity index is 2.24. The number of hydrogen-bond acceptors (Lipinski definition) is 4. The van der Waals surface area contributed by atoms with Gasteiger partial charge in [0.15, 0.2) is 0 Å². The minimum absolute atomic E-state index is 0.0745. The summed E-state index contributed by atoms with van der Waals surface area (Å²) in [5, 5.41) is 3.34. The molecule has 1 aliphatic carbocycles. The molecule has 0 bridgehead atoms. The molecule has 0 atom stereocenters. The summed E-state index contributed by atoms with van der Waals surface area (Å²) in [5.41, 5.74) is -0.344. The Morgan fingerprint density at radius 1 is 1.31 bits per heavy atom. The van der Waals surface area contributed by atoms with Crippen molar-refractivity contribution in [2.75, 3.05) is 32.8 Å². The van der Waals surface area contributed by atoms with Crippen molar-refractivity contribution in [3.8, 4) is 0 Å². The van der Waals surface area contributed by atoms with Crippen LogP contribution in [0.4, 0.5) is 0 Å². The van der Waals surface area contributed by atoms with Gasteiger partial charge in [0.2, 0.25) is 0 Å². The summed E-state index contributed by atoms with van der Waals surface area (Å²) in [7, 11) is 0. The quantitative estimate of drug-likeness (QED) is 0.630. The van der Waals surface area contributed by atoms with Crippen LogP contribution in [0, 0.1) is 0 Å². The predicted octanol–water partition coefficient (Wildman–Crippen LogP) is 1.01. The second-order valence-electron chi connectivity index (χ2n) is 4.26. The molecular formula is C12H24N2O2. The summed E-state index contributed by atoms with van der Waals surface area (Å²) in [6.07, 6.45) is 1.84. The lowest BCUT2D eigenvalue weighted by atomic mass is 10.2. The van der Waals surface area contributed by atoms with Gasteiger partial charge in [-0.2, -0.15) is 0 Å². The molecule has 1 rings (SSSR count). The summed E-state index contributed by atoms with van der Waals surface area (Å²) >= 11 is 0. The first kappa shape index (κ1) is 13.5. The lowest BCUT2D eigenvalue weighted by molar-refractivity contribution is -0.146. The smallest absolute Gasteiger partial charge is 0.326 e. The van der Waals surface area contributed by atoms with Crippen LogP contribution in [-0.4, -0.2) is 49.2 Å². The average molecular weight is 228 g/mol. The first-order valence-electron chi connectivity index (χ1n) is 6.33. The number of likely N-dealkylation sites (N-methyl/N-ethyl adjacent to an activating group) is 1. The molecule has 4 nitrogen and oxygen atoms in total. The molecule has 1 N–H and O–H groups in total. The normalized spacial score (nSPS) is 17.5. The second-order valence-corrected chi connectivity index (χ2v) is 4.26. The van der Waals surface area contributed by atoms with Crippen LogP contribution >= 0.6 is 0 Å². The van der Waals surface area contributed by atoms with Gasteiger partial charge in [-0.25, -0.2) is 0 Å². The van der Waals surface area contributed by atoms with Crippen LogP contribution in [0.5, 0.6) is 0 Å². The van der Waals surface area contributed by atoms with E-state index in [2.05, 4.69) is 24.1 Å². The fourth-order valence-corrected chi connectivity index (χ4v) is 1.84. The largest absolute Gasteiger partial charge is 0.465 e. The first-order valence-corrected chi connectivity index (χ1v) is 6.33. The number of ether oxygens (including phenoxy) is 1. The fraction of sp³-hybridized carbons (Fsp3) is 0.917. The topological polar surface area (TPSA) is 41.6 Å². The summed E-state index contributed by atoms with van der Waals surface area (Å²) in [6.45, 7) is 10.6. The Hall–Kier alpha value is -0.610. The standard InChI is InChI=1S/C12H24N2O2/c1-4-14(5-2)10-9-13-12(7-8-12)11(15)16-6-3/h13H,4-10H2,1-3H3. The van der Waals surface area contributed by atoms with Crippen molar-refractivity contribution in [3.63, 3.8) is 0 Å². The first-order chi connectivity index (χ1) is 7.68. The molecule has 1 aliphatic rings. The van der Waals surface area contributed by atoms with E-state index >= 15 is 0 Å². The van der Waals surface area contributed by atoms with Crippen LogP contribution in [0.15, 0.2) is 0 Å². The molecular weight excluding hydrogens is 204 g/mol. The predicted molar refractivity (Wildman–Crippen MR) is 64.4 cm³/mol. The van der Waals surface area contributed by atoms with E-state index in [1.54, 1.807) is 0 Å². The van der Waals surface area contributed by atoms with Gasteiger partial charge >= 0.3 is 5.97 Å². The van der Waals surface area contributed by atoms with E-state index in [0.717, 1.165) is 39.0 Å². The van der Waals surface area contributed by atoms with E-state index in [0.29, 0.717) is 6.61 Å². The number of carbonyl (C=O) groups excluding carboxylic acids is 1. The Kier molecular flexibility index (Phi) is 5.22. The fourth-order valence-electron chi connectivity index (χ4n) is 1.84. The van der Waals surface area contributed by atoms with Crippen molar-refractivity contribution < 1.29 is 9.53 Å². The van der Waals surface area contributed by atoms with Crippen LogP contribution in [0.1, 0.15) is 33.6 Å². The van der Waals surface area contributed by atoms with Crippen molar-refractivity contribution in [1.29, 1.82) is 0 Å². The number of nitrogens with zero attached hydrogens (tertiary/aromatic N) is 1. The maximum Gasteiger partial charge on any atom is 0.326 e. The van der Waals surface area contributed by atoms with Crippen molar-refractivity contribution in [2.45, 2.75) is 39.2 Å². The second kappa shape index (κ2) is 6.21. The molecule has 1 saturated carbocycles. The van der Waals surface area contributed by atoms with Gasteiger partial charge in [0.05, 0.1) is 6.61 Å². The number of carbonyl (C=O) groups is 1. The van der Waals surface area contributed by atoms with Gasteiger partial charge in [-0.05, 0) is 32.9 Å². The van der Waals surface area contributed by atoms with E-state index in [-0.39, 0.29) is 11.5 Å². The SMILES string of the molecule is CCOC(=O)C1(NCCN(CC)CC)CC1. The molecule has 4 heteroatoms. The molecule has 16 heavy (non-hydrogen) atoms. The maximum atomic E-state index is 11.6. The van der Waals surface area contributed by atoms with Gasteiger partial charge < -0.3 is 15.0 Å². The lowest BCUT2D eigenvalue weighted by Crippen LogP contribution is -2.44. The van der Waals surface area contributed by atoms with E-state index in [4.69, 9.17) is 4.74 Å². The zero-order chi connectivity index (χ0) is 12.0. The van der Waals surface area contributed by atoms with Crippen LogP contribution in [-0.2, 0) is 9.53 Å². The number of esters is 1. The number of rotatable bonds is 8. The van der Waals surface area contributed by atoms with E-state index in [1.165, 1.54) is 0 Å². The summed E-state index contributed by atoms with van der Waals surface area (Å²) < 4.78 is 5.06. The van der Waals surface area contributed by atoms with Crippen molar-refractivity contribution in [1.82, 2.24) is 10.2 Å². The molecule has 0 aromatic heterocycles. The molecule has 94 valence electrons. The van der Waals surface area contributed by atoms with Gasteiger partial charge in [0, 0.05) is 13.1 Å². The maximum absolute atomic E-state index is 11.6. The molecule has 0 saturated heterocycles. The molecule has 1 fully saturated rings. The average Bonchev–Trinajstić information content (AvgIpc) is 3.06. The Bertz CT molecular complexity index is 223.